The molecule has 4 aromatic rings. The highest BCUT2D eigenvalue weighted by Gasteiger charge is 2.21. The molecule has 0 saturated carbocycles. The normalized spacial score (nSPS) is 11.9. The minimum Gasteiger partial charge on any atom is -0.462 e. The number of ether oxygens (including phenoxy) is 1. The molecule has 1 amide bonds. The van der Waals surface area contributed by atoms with Gasteiger partial charge in [-0.3, -0.25) is 19.0 Å². The van der Waals surface area contributed by atoms with E-state index in [4.69, 9.17) is 4.74 Å². The first-order valence-corrected chi connectivity index (χ1v) is 10.1. The van der Waals surface area contributed by atoms with E-state index < -0.39 is 11.9 Å². The monoisotopic (exact) mass is 431 g/mol. The summed E-state index contributed by atoms with van der Waals surface area (Å²) in [5, 5.41) is 0.221. The number of hydrogen-bond donors (Lipinski definition) is 0. The predicted molar refractivity (Wildman–Crippen MR) is 117 cm³/mol. The van der Waals surface area contributed by atoms with Gasteiger partial charge in [0.05, 0.1) is 17.6 Å². The van der Waals surface area contributed by atoms with Crippen LogP contribution >= 0.6 is 0 Å². The van der Waals surface area contributed by atoms with Crippen molar-refractivity contribution in [3.05, 3.63) is 82.0 Å². The lowest BCUT2D eigenvalue weighted by Crippen LogP contribution is -2.33. The lowest BCUT2D eigenvalue weighted by atomic mass is 10.2. The van der Waals surface area contributed by atoms with E-state index in [1.54, 1.807) is 54.2 Å². The Morgan fingerprint density at radius 2 is 2.00 bits per heavy atom. The molecule has 32 heavy (non-hydrogen) atoms. The average molecular weight is 431 g/mol. The zero-order valence-electron chi connectivity index (χ0n) is 17.8. The fourth-order valence-corrected chi connectivity index (χ4v) is 3.45. The molecule has 0 spiro atoms. The minimum absolute atomic E-state index is 0.0140. The van der Waals surface area contributed by atoms with Crippen molar-refractivity contribution in [3.63, 3.8) is 0 Å². The molecule has 0 aliphatic carbocycles. The number of carbonyl (C=O) groups excluding carboxylic acids is 2. The average Bonchev–Trinajstić information content (AvgIpc) is 2.79. The lowest BCUT2D eigenvalue weighted by Gasteiger charge is -2.17. The summed E-state index contributed by atoms with van der Waals surface area (Å²) < 4.78 is 8.22. The first-order chi connectivity index (χ1) is 15.4. The molecule has 0 N–H and O–H groups in total. The summed E-state index contributed by atoms with van der Waals surface area (Å²) in [5.74, 6) is -1.26. The summed E-state index contributed by atoms with van der Waals surface area (Å²) in [4.78, 5) is 51.7. The predicted octanol–water partition coefficient (Wildman–Crippen LogP) is 2.54. The first-order valence-electron chi connectivity index (χ1n) is 10.1. The van der Waals surface area contributed by atoms with Crippen LogP contribution in [0, 0.1) is 0 Å². The Labute approximate surface area is 182 Å². The molecule has 0 aliphatic heterocycles. The van der Waals surface area contributed by atoms with Crippen LogP contribution in [0.15, 0.2) is 64.8 Å². The molecular formula is C23H21N5O4. The zero-order chi connectivity index (χ0) is 22.8. The van der Waals surface area contributed by atoms with E-state index in [9.17, 15) is 14.4 Å². The van der Waals surface area contributed by atoms with Crippen LogP contribution in [0.1, 0.15) is 47.5 Å². The van der Waals surface area contributed by atoms with E-state index in [2.05, 4.69) is 15.0 Å². The summed E-state index contributed by atoms with van der Waals surface area (Å²) in [6.07, 6.45) is 4.56. The maximum absolute atomic E-state index is 13.2. The molecule has 4 rings (SSSR count). The maximum atomic E-state index is 13.2. The summed E-state index contributed by atoms with van der Waals surface area (Å²) >= 11 is 0. The van der Waals surface area contributed by atoms with Crippen LogP contribution < -0.4 is 11.0 Å². The molecule has 0 atom stereocenters. The summed E-state index contributed by atoms with van der Waals surface area (Å²) in [6, 6.07) is 9.55. The second-order valence-electron chi connectivity index (χ2n) is 7.31. The van der Waals surface area contributed by atoms with Gasteiger partial charge in [0.15, 0.2) is 5.49 Å². The lowest BCUT2D eigenvalue weighted by molar-refractivity contribution is 0.0523. The molecule has 162 valence electrons. The largest absolute Gasteiger partial charge is 0.462 e. The summed E-state index contributed by atoms with van der Waals surface area (Å²) in [6.45, 7) is 5.52. The van der Waals surface area contributed by atoms with Gasteiger partial charge in [0.1, 0.15) is 16.9 Å². The number of amides is 1. The molecule has 0 aliphatic rings. The molecular weight excluding hydrogens is 410 g/mol. The van der Waals surface area contributed by atoms with E-state index in [0.29, 0.717) is 11.3 Å². The maximum Gasteiger partial charge on any atom is 0.341 e. The Hall–Kier alpha value is -4.14. The van der Waals surface area contributed by atoms with Crippen LogP contribution in [-0.4, -0.2) is 37.4 Å². The highest BCUT2D eigenvalue weighted by molar-refractivity contribution is 5.97. The van der Waals surface area contributed by atoms with E-state index in [0.717, 1.165) is 0 Å². The highest BCUT2D eigenvalue weighted by Crippen LogP contribution is 2.15. The zero-order valence-corrected chi connectivity index (χ0v) is 17.8. The number of esters is 1. The Morgan fingerprint density at radius 1 is 1.19 bits per heavy atom. The standard InChI is InChI=1S/C23H21N5O4/c1-4-32-23(31)17-12-16-19(25-18-9-5-6-11-27(18)22(16)30)28(14(2)3)20(17)26-21(29)15-8-7-10-24-13-15/h5-14H,4H2,1-3H3. The number of fused-ring (bicyclic) bond motifs is 2. The smallest absolute Gasteiger partial charge is 0.341 e. The van der Waals surface area contributed by atoms with Crippen molar-refractivity contribution in [2.45, 2.75) is 26.8 Å². The van der Waals surface area contributed by atoms with Crippen molar-refractivity contribution >= 4 is 28.6 Å². The van der Waals surface area contributed by atoms with Crippen molar-refractivity contribution in [1.29, 1.82) is 0 Å². The number of carbonyl (C=O) groups is 2. The second-order valence-corrected chi connectivity index (χ2v) is 7.31. The number of pyridine rings is 3. The van der Waals surface area contributed by atoms with E-state index >= 15 is 0 Å². The molecule has 9 heteroatoms. The fraction of sp³-hybridized carbons (Fsp3) is 0.217. The van der Waals surface area contributed by atoms with Gasteiger partial charge in [-0.1, -0.05) is 6.07 Å². The van der Waals surface area contributed by atoms with Gasteiger partial charge in [0, 0.05) is 24.6 Å². The van der Waals surface area contributed by atoms with Gasteiger partial charge in [0.25, 0.3) is 11.5 Å². The first kappa shape index (κ1) is 21.1. The van der Waals surface area contributed by atoms with E-state index in [1.165, 1.54) is 16.7 Å². The Morgan fingerprint density at radius 3 is 2.69 bits per heavy atom. The third-order valence-electron chi connectivity index (χ3n) is 4.86. The summed E-state index contributed by atoms with van der Waals surface area (Å²) in [5.41, 5.74) is 0.779. The van der Waals surface area contributed by atoms with Crippen molar-refractivity contribution in [1.82, 2.24) is 18.9 Å². The quantitative estimate of drug-likeness (QED) is 0.363. The molecule has 0 radical (unpaired) electrons. The molecule has 0 saturated heterocycles. The molecule has 0 unspecified atom stereocenters. The molecule has 0 fully saturated rings. The van der Waals surface area contributed by atoms with Crippen molar-refractivity contribution in [3.8, 4) is 0 Å². The number of nitrogens with zero attached hydrogens (tertiary/aromatic N) is 5. The highest BCUT2D eigenvalue weighted by atomic mass is 16.5. The van der Waals surface area contributed by atoms with Gasteiger partial charge >= 0.3 is 5.97 Å². The Balaban J connectivity index is 2.16. The van der Waals surface area contributed by atoms with Crippen LogP contribution in [-0.2, 0) is 4.74 Å². The second kappa shape index (κ2) is 8.54. The van der Waals surface area contributed by atoms with Crippen LogP contribution in [0.4, 0.5) is 0 Å². The van der Waals surface area contributed by atoms with Gasteiger partial charge in [-0.15, -0.1) is 0 Å². The topological polar surface area (TPSA) is 108 Å². The molecule has 0 bridgehead atoms. The van der Waals surface area contributed by atoms with E-state index in [-0.39, 0.29) is 40.2 Å². The van der Waals surface area contributed by atoms with Gasteiger partial charge in [-0.25, -0.2) is 9.78 Å². The van der Waals surface area contributed by atoms with Crippen LogP contribution in [0.25, 0.3) is 16.7 Å². The van der Waals surface area contributed by atoms with Crippen molar-refractivity contribution in [2.75, 3.05) is 6.61 Å². The SMILES string of the molecule is CCOC(=O)c1cc2c(=O)n3ccccc3nc2n(C(C)C)c1=NC(=O)c1cccnc1. The molecule has 0 aromatic carbocycles. The van der Waals surface area contributed by atoms with Gasteiger partial charge in [-0.2, -0.15) is 4.99 Å². The number of rotatable bonds is 4. The molecule has 4 heterocycles. The number of hydrogen-bond acceptors (Lipinski definition) is 6. The van der Waals surface area contributed by atoms with Crippen LogP contribution in [0.3, 0.4) is 0 Å². The Kier molecular flexibility index (Phi) is 5.63. The van der Waals surface area contributed by atoms with Crippen molar-refractivity contribution < 1.29 is 14.3 Å². The summed E-state index contributed by atoms with van der Waals surface area (Å²) in [7, 11) is 0. The molecule has 9 nitrogen and oxygen atoms in total. The van der Waals surface area contributed by atoms with Gasteiger partial charge < -0.3 is 9.30 Å². The van der Waals surface area contributed by atoms with E-state index in [1.807, 2.05) is 13.8 Å². The fourth-order valence-electron chi connectivity index (χ4n) is 3.45. The van der Waals surface area contributed by atoms with Crippen LogP contribution in [0.5, 0.6) is 0 Å². The molecule has 4 aromatic heterocycles. The Bertz CT molecular complexity index is 1470. The third kappa shape index (κ3) is 3.68. The van der Waals surface area contributed by atoms with Crippen molar-refractivity contribution in [2.24, 2.45) is 4.99 Å². The van der Waals surface area contributed by atoms with Gasteiger partial charge in [-0.05, 0) is 51.1 Å². The van der Waals surface area contributed by atoms with Gasteiger partial charge in [0.2, 0.25) is 0 Å². The minimum atomic E-state index is -0.681. The number of aromatic nitrogens is 4. The third-order valence-corrected chi connectivity index (χ3v) is 4.86. The van der Waals surface area contributed by atoms with Crippen LogP contribution in [0.2, 0.25) is 0 Å².